The molecular formula is C28H19BN2. The third-order valence-corrected chi connectivity index (χ3v) is 7.48. The number of nitrogens with zero attached hydrogens (tertiary/aromatic N) is 2. The van der Waals surface area contributed by atoms with Crippen LogP contribution in [0.5, 0.6) is 0 Å². The lowest BCUT2D eigenvalue weighted by atomic mass is 9.30. The Hall–Kier alpha value is -3.77. The van der Waals surface area contributed by atoms with Gasteiger partial charge in [0.25, 0.3) is 0 Å². The van der Waals surface area contributed by atoms with Crippen molar-refractivity contribution in [2.75, 3.05) is 0 Å². The van der Waals surface area contributed by atoms with Crippen LogP contribution in [0, 0.1) is 11.3 Å². The van der Waals surface area contributed by atoms with Crippen LogP contribution in [0.1, 0.15) is 30.5 Å². The van der Waals surface area contributed by atoms with Crippen molar-refractivity contribution in [1.82, 2.24) is 4.57 Å². The van der Waals surface area contributed by atoms with Gasteiger partial charge >= 0.3 is 0 Å². The molecule has 0 unspecified atom stereocenters. The quantitative estimate of drug-likeness (QED) is 0.356. The van der Waals surface area contributed by atoms with Gasteiger partial charge in [0.15, 0.2) is 0 Å². The first-order chi connectivity index (χ1) is 15.1. The Balaban J connectivity index is 1.78. The third kappa shape index (κ3) is 1.85. The summed E-state index contributed by atoms with van der Waals surface area (Å²) in [5.41, 5.74) is 10.9. The van der Waals surface area contributed by atoms with Crippen molar-refractivity contribution < 1.29 is 0 Å². The van der Waals surface area contributed by atoms with Crippen LogP contribution in [-0.4, -0.2) is 11.3 Å². The van der Waals surface area contributed by atoms with Crippen LogP contribution in [-0.2, 0) is 5.41 Å². The summed E-state index contributed by atoms with van der Waals surface area (Å²) in [5, 5.41) is 12.6. The Kier molecular flexibility index (Phi) is 3.00. The molecule has 2 aliphatic heterocycles. The zero-order valence-electron chi connectivity index (χ0n) is 17.5. The molecule has 7 rings (SSSR count). The fourth-order valence-electron chi connectivity index (χ4n) is 6.32. The number of rotatable bonds is 0. The van der Waals surface area contributed by atoms with E-state index in [-0.39, 0.29) is 12.1 Å². The van der Waals surface area contributed by atoms with Gasteiger partial charge in [-0.15, -0.1) is 0 Å². The first-order valence-corrected chi connectivity index (χ1v) is 10.8. The molecule has 5 aromatic rings. The summed E-state index contributed by atoms with van der Waals surface area (Å²) in [6, 6.07) is 30.8. The highest BCUT2D eigenvalue weighted by molar-refractivity contribution is 6.99. The molecule has 31 heavy (non-hydrogen) atoms. The van der Waals surface area contributed by atoms with Crippen molar-refractivity contribution in [3.05, 3.63) is 95.6 Å². The SMILES string of the molecule is CC1(C)c2ccc3c4ccccc4n4c3c2B(c2ccccc2-4)c2cccc(C#N)c21. The third-order valence-electron chi connectivity index (χ3n) is 7.48. The van der Waals surface area contributed by atoms with Gasteiger partial charge in [0.2, 0.25) is 6.71 Å². The maximum atomic E-state index is 9.95. The molecule has 0 fully saturated rings. The van der Waals surface area contributed by atoms with Gasteiger partial charge < -0.3 is 4.57 Å². The van der Waals surface area contributed by atoms with Gasteiger partial charge in [0, 0.05) is 27.4 Å². The van der Waals surface area contributed by atoms with E-state index in [1.54, 1.807) is 0 Å². The number of para-hydroxylation sites is 2. The van der Waals surface area contributed by atoms with E-state index >= 15 is 0 Å². The Morgan fingerprint density at radius 2 is 1.58 bits per heavy atom. The topological polar surface area (TPSA) is 28.7 Å². The predicted molar refractivity (Wildman–Crippen MR) is 129 cm³/mol. The fourth-order valence-corrected chi connectivity index (χ4v) is 6.32. The van der Waals surface area contributed by atoms with Crippen molar-refractivity contribution in [3.8, 4) is 11.8 Å². The molecule has 2 aliphatic rings. The molecule has 2 nitrogen and oxygen atoms in total. The van der Waals surface area contributed by atoms with E-state index in [1.165, 1.54) is 55.0 Å². The van der Waals surface area contributed by atoms with Gasteiger partial charge in [-0.3, -0.25) is 0 Å². The van der Waals surface area contributed by atoms with E-state index in [0.717, 1.165) is 5.56 Å². The first-order valence-electron chi connectivity index (χ1n) is 10.8. The Morgan fingerprint density at radius 1 is 0.806 bits per heavy atom. The molecule has 3 heteroatoms. The lowest BCUT2D eigenvalue weighted by Crippen LogP contribution is -2.63. The molecule has 144 valence electrons. The largest absolute Gasteiger partial charge is 0.310 e. The minimum Gasteiger partial charge on any atom is -0.310 e. The van der Waals surface area contributed by atoms with Crippen molar-refractivity contribution in [2.24, 2.45) is 0 Å². The lowest BCUT2D eigenvalue weighted by Gasteiger charge is -2.41. The summed E-state index contributed by atoms with van der Waals surface area (Å²) in [4.78, 5) is 0. The molecule has 0 spiro atoms. The highest BCUT2D eigenvalue weighted by Crippen LogP contribution is 2.41. The summed E-state index contributed by atoms with van der Waals surface area (Å²) in [7, 11) is 0. The van der Waals surface area contributed by atoms with Gasteiger partial charge in [0.1, 0.15) is 0 Å². The summed E-state index contributed by atoms with van der Waals surface area (Å²) in [5.74, 6) is 0. The molecule has 0 amide bonds. The predicted octanol–water partition coefficient (Wildman–Crippen LogP) is 4.12. The fraction of sp³-hybridized carbons (Fsp3) is 0.107. The average molecular weight is 394 g/mol. The second-order valence-electron chi connectivity index (χ2n) is 9.27. The highest BCUT2D eigenvalue weighted by atomic mass is 15.0. The van der Waals surface area contributed by atoms with Crippen molar-refractivity contribution >= 4 is 44.9 Å². The molecule has 0 saturated carbocycles. The van der Waals surface area contributed by atoms with Crippen LogP contribution in [0.4, 0.5) is 0 Å². The van der Waals surface area contributed by atoms with Gasteiger partial charge in [-0.05, 0) is 40.3 Å². The minimum atomic E-state index is -0.241. The minimum absolute atomic E-state index is 0.142. The second-order valence-corrected chi connectivity index (χ2v) is 9.27. The Bertz CT molecular complexity index is 1630. The molecule has 3 heterocycles. The van der Waals surface area contributed by atoms with Crippen LogP contribution >= 0.6 is 0 Å². The summed E-state index contributed by atoms with van der Waals surface area (Å²) < 4.78 is 2.46. The average Bonchev–Trinajstić information content (AvgIpc) is 3.14. The van der Waals surface area contributed by atoms with Crippen molar-refractivity contribution in [2.45, 2.75) is 19.3 Å². The van der Waals surface area contributed by atoms with Crippen LogP contribution in [0.15, 0.2) is 78.9 Å². The van der Waals surface area contributed by atoms with Crippen LogP contribution in [0.25, 0.3) is 27.5 Å². The van der Waals surface area contributed by atoms with Crippen LogP contribution < -0.4 is 16.4 Å². The highest BCUT2D eigenvalue weighted by Gasteiger charge is 2.45. The molecule has 0 atom stereocenters. The van der Waals surface area contributed by atoms with E-state index in [2.05, 4.69) is 91.2 Å². The number of hydrogen-bond donors (Lipinski definition) is 0. The number of benzene rings is 4. The molecule has 0 bridgehead atoms. The standard InChI is InChI=1S/C28H19BN2/c1-28(2)20-15-14-19-18-9-3-5-12-23(18)31-24-13-6-4-10-21(24)29(26(20)27(19)31)22-11-7-8-17(16-30)25(22)28/h3-15H,1-2H3. The number of aromatic nitrogens is 1. The molecule has 0 radical (unpaired) electrons. The maximum absolute atomic E-state index is 9.95. The zero-order chi connectivity index (χ0) is 20.9. The van der Waals surface area contributed by atoms with E-state index in [4.69, 9.17) is 0 Å². The smallest absolute Gasteiger partial charge is 0.247 e. The molecule has 0 saturated heterocycles. The monoisotopic (exact) mass is 394 g/mol. The zero-order valence-corrected chi connectivity index (χ0v) is 17.5. The lowest BCUT2D eigenvalue weighted by molar-refractivity contribution is 0.644. The Morgan fingerprint density at radius 3 is 2.45 bits per heavy atom. The Labute approximate surface area is 181 Å². The second kappa shape index (κ2) is 5.48. The summed E-state index contributed by atoms with van der Waals surface area (Å²) in [6.07, 6.45) is 0. The van der Waals surface area contributed by atoms with Crippen LogP contribution in [0.3, 0.4) is 0 Å². The van der Waals surface area contributed by atoms with Crippen LogP contribution in [0.2, 0.25) is 0 Å². The van der Waals surface area contributed by atoms with Gasteiger partial charge in [0.05, 0.1) is 17.1 Å². The van der Waals surface area contributed by atoms with E-state index in [9.17, 15) is 5.26 Å². The number of nitriles is 1. The molecule has 1 aromatic heterocycles. The van der Waals surface area contributed by atoms with Crippen molar-refractivity contribution in [1.29, 1.82) is 5.26 Å². The molecular weight excluding hydrogens is 375 g/mol. The van der Waals surface area contributed by atoms with E-state index in [1.807, 2.05) is 12.1 Å². The normalized spacial score (nSPS) is 14.9. The maximum Gasteiger partial charge on any atom is 0.247 e. The van der Waals surface area contributed by atoms with E-state index in [0.29, 0.717) is 0 Å². The van der Waals surface area contributed by atoms with Gasteiger partial charge in [-0.25, -0.2) is 0 Å². The summed E-state index contributed by atoms with van der Waals surface area (Å²) >= 11 is 0. The van der Waals surface area contributed by atoms with E-state index < -0.39 is 0 Å². The first kappa shape index (κ1) is 17.0. The van der Waals surface area contributed by atoms with Crippen molar-refractivity contribution in [3.63, 3.8) is 0 Å². The number of hydrogen-bond acceptors (Lipinski definition) is 1. The molecule has 0 N–H and O–H groups in total. The van der Waals surface area contributed by atoms with Gasteiger partial charge in [-0.1, -0.05) is 80.0 Å². The number of fused-ring (bicyclic) bond motifs is 8. The molecule has 4 aromatic carbocycles. The summed E-state index contributed by atoms with van der Waals surface area (Å²) in [6.45, 7) is 4.69. The molecule has 0 aliphatic carbocycles. The van der Waals surface area contributed by atoms with Gasteiger partial charge in [-0.2, -0.15) is 5.26 Å².